The van der Waals surface area contributed by atoms with Gasteiger partial charge in [0, 0.05) is 23.9 Å². The molecule has 2 aromatic rings. The lowest BCUT2D eigenvalue weighted by Gasteiger charge is -2.06. The highest BCUT2D eigenvalue weighted by Crippen LogP contribution is 2.16. The second kappa shape index (κ2) is 8.41. The number of hydrogen-bond acceptors (Lipinski definition) is 4. The summed E-state index contributed by atoms with van der Waals surface area (Å²) in [6.07, 6.45) is 3.24. The highest BCUT2D eigenvalue weighted by molar-refractivity contribution is 9.10. The molecule has 0 aliphatic heterocycles. The van der Waals surface area contributed by atoms with E-state index in [9.17, 15) is 4.79 Å². The number of carbonyl (C=O) groups excluding carboxylic acids is 1. The Hall–Kier alpha value is -1.89. The molecule has 6 nitrogen and oxygen atoms in total. The summed E-state index contributed by atoms with van der Waals surface area (Å²) in [5, 5.41) is 9.33. The third-order valence-electron chi connectivity index (χ3n) is 2.78. The molecule has 21 heavy (non-hydrogen) atoms. The summed E-state index contributed by atoms with van der Waals surface area (Å²) in [5.74, 6) is 1.60. The molecule has 2 rings (SSSR count). The fourth-order valence-electron chi connectivity index (χ4n) is 1.71. The summed E-state index contributed by atoms with van der Waals surface area (Å²) in [6, 6.07) is 7.63. The minimum atomic E-state index is 0.0221. The number of nitrogens with zero attached hydrogens (tertiary/aromatic N) is 2. The van der Waals surface area contributed by atoms with Crippen LogP contribution in [0.25, 0.3) is 0 Å². The van der Waals surface area contributed by atoms with Crippen molar-refractivity contribution in [1.82, 2.24) is 20.5 Å². The minimum absolute atomic E-state index is 0.0221. The van der Waals surface area contributed by atoms with E-state index in [1.807, 2.05) is 24.3 Å². The van der Waals surface area contributed by atoms with Gasteiger partial charge in [-0.2, -0.15) is 5.10 Å². The highest BCUT2D eigenvalue weighted by Gasteiger charge is 2.02. The van der Waals surface area contributed by atoms with E-state index >= 15 is 0 Å². The molecule has 0 fully saturated rings. The molecule has 7 heteroatoms. The third-order valence-corrected chi connectivity index (χ3v) is 3.31. The van der Waals surface area contributed by atoms with Crippen molar-refractivity contribution in [1.29, 1.82) is 0 Å². The first-order valence-electron chi connectivity index (χ1n) is 6.73. The van der Waals surface area contributed by atoms with Crippen molar-refractivity contribution in [2.75, 3.05) is 13.2 Å². The maximum Gasteiger partial charge on any atom is 0.220 e. The first-order chi connectivity index (χ1) is 10.2. The van der Waals surface area contributed by atoms with E-state index in [0.717, 1.165) is 16.0 Å². The molecule has 0 radical (unpaired) electrons. The number of hydrogen-bond donors (Lipinski definition) is 2. The zero-order valence-corrected chi connectivity index (χ0v) is 13.1. The van der Waals surface area contributed by atoms with Crippen molar-refractivity contribution in [3.8, 4) is 5.75 Å². The van der Waals surface area contributed by atoms with Crippen molar-refractivity contribution in [3.63, 3.8) is 0 Å². The van der Waals surface area contributed by atoms with E-state index in [4.69, 9.17) is 4.74 Å². The number of amides is 1. The molecular formula is C14H17BrN4O2. The monoisotopic (exact) mass is 352 g/mol. The molecule has 0 aliphatic rings. The summed E-state index contributed by atoms with van der Waals surface area (Å²) in [6.45, 7) is 1.08. The number of aromatic amines is 1. The summed E-state index contributed by atoms with van der Waals surface area (Å²) in [5.41, 5.74) is 0. The standard InChI is InChI=1S/C14H17BrN4O2/c15-11-3-5-12(6-4-11)21-9-1-2-14(20)16-8-7-13-17-10-18-19-13/h3-6,10H,1-2,7-9H2,(H,16,20)(H,17,18,19). The lowest BCUT2D eigenvalue weighted by Crippen LogP contribution is -2.26. The largest absolute Gasteiger partial charge is 0.494 e. The maximum atomic E-state index is 11.6. The molecule has 2 N–H and O–H groups in total. The Morgan fingerprint density at radius 1 is 1.33 bits per heavy atom. The Kier molecular flexibility index (Phi) is 6.21. The van der Waals surface area contributed by atoms with E-state index < -0.39 is 0 Å². The molecular weight excluding hydrogens is 336 g/mol. The highest BCUT2D eigenvalue weighted by atomic mass is 79.9. The molecule has 0 aliphatic carbocycles. The van der Waals surface area contributed by atoms with E-state index in [2.05, 4.69) is 36.4 Å². The Morgan fingerprint density at radius 2 is 2.14 bits per heavy atom. The van der Waals surface area contributed by atoms with Gasteiger partial charge in [-0.25, -0.2) is 4.98 Å². The molecule has 0 atom stereocenters. The number of aromatic nitrogens is 3. The number of H-pyrrole nitrogens is 1. The summed E-state index contributed by atoms with van der Waals surface area (Å²) in [4.78, 5) is 15.6. The van der Waals surface area contributed by atoms with Crippen molar-refractivity contribution >= 4 is 21.8 Å². The average molecular weight is 353 g/mol. The van der Waals surface area contributed by atoms with E-state index in [1.165, 1.54) is 6.33 Å². The SMILES string of the molecule is O=C(CCCOc1ccc(Br)cc1)NCCc1ncn[nH]1. The first-order valence-corrected chi connectivity index (χ1v) is 7.52. The van der Waals surface area contributed by atoms with Crippen LogP contribution < -0.4 is 10.1 Å². The number of benzene rings is 1. The lowest BCUT2D eigenvalue weighted by atomic mass is 10.3. The van der Waals surface area contributed by atoms with Crippen LogP contribution in [-0.4, -0.2) is 34.2 Å². The number of nitrogens with one attached hydrogen (secondary N) is 2. The Bertz CT molecular complexity index is 543. The van der Waals surface area contributed by atoms with Crippen LogP contribution in [0.5, 0.6) is 5.75 Å². The van der Waals surface area contributed by atoms with Gasteiger partial charge in [0.15, 0.2) is 0 Å². The number of ether oxygens (including phenoxy) is 1. The molecule has 112 valence electrons. The molecule has 1 aromatic carbocycles. The fraction of sp³-hybridized carbons (Fsp3) is 0.357. The van der Waals surface area contributed by atoms with Gasteiger partial charge in [-0.3, -0.25) is 9.89 Å². The number of carbonyl (C=O) groups is 1. The topological polar surface area (TPSA) is 79.9 Å². The average Bonchev–Trinajstić information content (AvgIpc) is 2.99. The van der Waals surface area contributed by atoms with Gasteiger partial charge in [0.1, 0.15) is 17.9 Å². The summed E-state index contributed by atoms with van der Waals surface area (Å²) in [7, 11) is 0. The van der Waals surface area contributed by atoms with Gasteiger partial charge in [0.2, 0.25) is 5.91 Å². The van der Waals surface area contributed by atoms with Crippen molar-refractivity contribution in [3.05, 3.63) is 40.9 Å². The van der Waals surface area contributed by atoms with E-state index in [0.29, 0.717) is 32.4 Å². The van der Waals surface area contributed by atoms with E-state index in [1.54, 1.807) is 0 Å². The van der Waals surface area contributed by atoms with Gasteiger partial charge in [0.05, 0.1) is 6.61 Å². The van der Waals surface area contributed by atoms with Crippen LogP contribution >= 0.6 is 15.9 Å². The molecule has 1 heterocycles. The van der Waals surface area contributed by atoms with Crippen LogP contribution in [0.3, 0.4) is 0 Å². The molecule has 0 spiro atoms. The van der Waals surface area contributed by atoms with E-state index in [-0.39, 0.29) is 5.91 Å². The van der Waals surface area contributed by atoms with Crippen LogP contribution in [0.1, 0.15) is 18.7 Å². The van der Waals surface area contributed by atoms with Gasteiger partial charge < -0.3 is 10.1 Å². The summed E-state index contributed by atoms with van der Waals surface area (Å²) >= 11 is 3.37. The smallest absolute Gasteiger partial charge is 0.220 e. The van der Waals surface area contributed by atoms with Crippen LogP contribution in [0, 0.1) is 0 Å². The molecule has 0 saturated heterocycles. The van der Waals surface area contributed by atoms with Crippen LogP contribution in [0.15, 0.2) is 35.1 Å². The predicted octanol–water partition coefficient (Wildman–Crippen LogP) is 2.09. The third kappa shape index (κ3) is 5.95. The van der Waals surface area contributed by atoms with Gasteiger partial charge in [0.25, 0.3) is 0 Å². The lowest BCUT2D eigenvalue weighted by molar-refractivity contribution is -0.121. The summed E-state index contributed by atoms with van der Waals surface area (Å²) < 4.78 is 6.57. The Labute approximate surface area is 131 Å². The quantitative estimate of drug-likeness (QED) is 0.712. The van der Waals surface area contributed by atoms with Crippen LogP contribution in [-0.2, 0) is 11.2 Å². The second-order valence-electron chi connectivity index (χ2n) is 4.44. The normalized spacial score (nSPS) is 10.3. The van der Waals surface area contributed by atoms with Gasteiger partial charge in [-0.05, 0) is 30.7 Å². The molecule has 0 saturated carbocycles. The first kappa shape index (κ1) is 15.5. The molecule has 0 bridgehead atoms. The molecule has 1 amide bonds. The minimum Gasteiger partial charge on any atom is -0.494 e. The van der Waals surface area contributed by atoms with Gasteiger partial charge in [-0.15, -0.1) is 0 Å². The van der Waals surface area contributed by atoms with Crippen molar-refractivity contribution in [2.45, 2.75) is 19.3 Å². The Balaban J connectivity index is 1.53. The number of rotatable bonds is 8. The fourth-order valence-corrected chi connectivity index (χ4v) is 1.98. The van der Waals surface area contributed by atoms with Gasteiger partial charge >= 0.3 is 0 Å². The van der Waals surface area contributed by atoms with Crippen LogP contribution in [0.2, 0.25) is 0 Å². The second-order valence-corrected chi connectivity index (χ2v) is 5.35. The predicted molar refractivity (Wildman–Crippen MR) is 82.0 cm³/mol. The maximum absolute atomic E-state index is 11.6. The van der Waals surface area contributed by atoms with Crippen molar-refractivity contribution < 1.29 is 9.53 Å². The van der Waals surface area contributed by atoms with Gasteiger partial charge in [-0.1, -0.05) is 15.9 Å². The zero-order chi connectivity index (χ0) is 14.9. The zero-order valence-electron chi connectivity index (χ0n) is 11.5. The van der Waals surface area contributed by atoms with Crippen molar-refractivity contribution in [2.24, 2.45) is 0 Å². The number of halogens is 1. The Morgan fingerprint density at radius 3 is 2.86 bits per heavy atom. The molecule has 1 aromatic heterocycles. The molecule has 0 unspecified atom stereocenters. The van der Waals surface area contributed by atoms with Crippen LogP contribution in [0.4, 0.5) is 0 Å².